The fraction of sp³-hybridized carbons (Fsp3) is 0. The number of carboxylic acid groups (broad SMARTS) is 1. The normalized spacial score (nSPS) is 9.23. The summed E-state index contributed by atoms with van der Waals surface area (Å²) in [5.41, 5.74) is 6.16. The van der Waals surface area contributed by atoms with Gasteiger partial charge >= 0.3 is 6.09 Å². The molecule has 1 aromatic rings. The lowest BCUT2D eigenvalue weighted by Gasteiger charge is -1.99. The first-order chi connectivity index (χ1) is 6.09. The molecule has 0 spiro atoms. The largest absolute Gasteiger partial charge is 0.465 e. The van der Waals surface area contributed by atoms with Crippen molar-refractivity contribution in [3.05, 3.63) is 29.8 Å². The van der Waals surface area contributed by atoms with Crippen LogP contribution in [-0.4, -0.2) is 17.1 Å². The number of anilines is 1. The molecule has 5 nitrogen and oxygen atoms in total. The Labute approximate surface area is 74.2 Å². The molecule has 68 valence electrons. The Balaban J connectivity index is 2.78. The fourth-order valence-corrected chi connectivity index (χ4v) is 0.804. The highest BCUT2D eigenvalue weighted by Gasteiger charge is 2.07. The van der Waals surface area contributed by atoms with Gasteiger partial charge in [-0.15, -0.1) is 0 Å². The Hall–Kier alpha value is -2.04. The van der Waals surface area contributed by atoms with E-state index in [1.807, 2.05) is 0 Å². The summed E-state index contributed by atoms with van der Waals surface area (Å²) in [6.07, 6.45) is -1.37. The smallest absolute Gasteiger partial charge is 0.411 e. The SMILES string of the molecule is Nc1ccc(C(=O)NC(=O)O)cc1. The third kappa shape index (κ3) is 2.48. The number of hydrogen-bond donors (Lipinski definition) is 3. The van der Waals surface area contributed by atoms with Crippen molar-refractivity contribution < 1.29 is 14.7 Å². The Morgan fingerprint density at radius 1 is 1.23 bits per heavy atom. The van der Waals surface area contributed by atoms with Gasteiger partial charge < -0.3 is 10.8 Å². The molecule has 2 amide bonds. The molecule has 0 atom stereocenters. The maximum absolute atomic E-state index is 11.0. The number of imide groups is 1. The average Bonchev–Trinajstić information content (AvgIpc) is 2.04. The molecule has 5 heteroatoms. The highest BCUT2D eigenvalue weighted by Crippen LogP contribution is 2.04. The summed E-state index contributed by atoms with van der Waals surface area (Å²) in [5.74, 6) is -0.660. The van der Waals surface area contributed by atoms with Gasteiger partial charge in [-0.1, -0.05) is 0 Å². The molecule has 13 heavy (non-hydrogen) atoms. The van der Waals surface area contributed by atoms with Crippen LogP contribution in [0.25, 0.3) is 0 Å². The molecular weight excluding hydrogens is 172 g/mol. The molecule has 0 bridgehead atoms. The van der Waals surface area contributed by atoms with Crippen LogP contribution in [0.5, 0.6) is 0 Å². The zero-order valence-electron chi connectivity index (χ0n) is 6.65. The summed E-state index contributed by atoms with van der Waals surface area (Å²) < 4.78 is 0. The maximum atomic E-state index is 11.0. The molecule has 0 saturated heterocycles. The summed E-state index contributed by atoms with van der Waals surface area (Å²) in [5, 5.41) is 9.96. The van der Waals surface area contributed by atoms with Crippen LogP contribution in [0.1, 0.15) is 10.4 Å². The standard InChI is InChI=1S/C8H8N2O3/c9-6-3-1-5(2-4-6)7(11)10-8(12)13/h1-4H,9H2,(H,10,11)(H,12,13). The molecule has 1 rings (SSSR count). The van der Waals surface area contributed by atoms with E-state index in [0.717, 1.165) is 0 Å². The van der Waals surface area contributed by atoms with E-state index in [4.69, 9.17) is 10.8 Å². The van der Waals surface area contributed by atoms with E-state index in [1.54, 1.807) is 5.32 Å². The molecule has 0 heterocycles. The van der Waals surface area contributed by atoms with Crippen molar-refractivity contribution >= 4 is 17.7 Å². The van der Waals surface area contributed by atoms with Gasteiger partial charge in [0.25, 0.3) is 5.91 Å². The van der Waals surface area contributed by atoms with Crippen molar-refractivity contribution in [3.8, 4) is 0 Å². The molecule has 4 N–H and O–H groups in total. The first-order valence-electron chi connectivity index (χ1n) is 3.49. The molecule has 0 aromatic heterocycles. The number of benzene rings is 1. The zero-order valence-corrected chi connectivity index (χ0v) is 6.65. The van der Waals surface area contributed by atoms with Crippen LogP contribution in [0.15, 0.2) is 24.3 Å². The lowest BCUT2D eigenvalue weighted by atomic mass is 10.2. The third-order valence-corrected chi connectivity index (χ3v) is 1.39. The molecule has 1 aromatic carbocycles. The van der Waals surface area contributed by atoms with Gasteiger partial charge in [0.1, 0.15) is 0 Å². The summed E-state index contributed by atoms with van der Waals surface area (Å²) in [6, 6.07) is 5.95. The Kier molecular flexibility index (Phi) is 2.49. The van der Waals surface area contributed by atoms with Gasteiger partial charge in [0, 0.05) is 11.3 Å². The van der Waals surface area contributed by atoms with Crippen LogP contribution in [0.2, 0.25) is 0 Å². The number of hydrogen-bond acceptors (Lipinski definition) is 3. The van der Waals surface area contributed by atoms with Gasteiger partial charge in [0.15, 0.2) is 0 Å². The van der Waals surface area contributed by atoms with E-state index in [1.165, 1.54) is 24.3 Å². The number of amides is 2. The molecular formula is C8H8N2O3. The van der Waals surface area contributed by atoms with Crippen molar-refractivity contribution in [2.45, 2.75) is 0 Å². The van der Waals surface area contributed by atoms with Gasteiger partial charge in [0.2, 0.25) is 0 Å². The van der Waals surface area contributed by atoms with Crippen LogP contribution in [-0.2, 0) is 0 Å². The number of rotatable bonds is 1. The highest BCUT2D eigenvalue weighted by atomic mass is 16.4. The van der Waals surface area contributed by atoms with E-state index < -0.39 is 12.0 Å². The topological polar surface area (TPSA) is 92.4 Å². The van der Waals surface area contributed by atoms with Gasteiger partial charge in [-0.2, -0.15) is 0 Å². The lowest BCUT2D eigenvalue weighted by Crippen LogP contribution is -2.28. The molecule has 0 saturated carbocycles. The van der Waals surface area contributed by atoms with Crippen molar-refractivity contribution in [1.29, 1.82) is 0 Å². The quantitative estimate of drug-likeness (QED) is 0.554. The second-order valence-corrected chi connectivity index (χ2v) is 2.38. The average molecular weight is 180 g/mol. The minimum absolute atomic E-state index is 0.261. The molecule has 0 aliphatic heterocycles. The predicted octanol–water partition coefficient (Wildman–Crippen LogP) is 0.677. The second-order valence-electron chi connectivity index (χ2n) is 2.38. The molecule has 0 fully saturated rings. The number of nitrogen functional groups attached to an aromatic ring is 1. The van der Waals surface area contributed by atoms with E-state index in [0.29, 0.717) is 5.69 Å². The van der Waals surface area contributed by atoms with E-state index >= 15 is 0 Å². The van der Waals surface area contributed by atoms with Crippen LogP contribution >= 0.6 is 0 Å². The van der Waals surface area contributed by atoms with Gasteiger partial charge in [-0.05, 0) is 24.3 Å². The van der Waals surface area contributed by atoms with Gasteiger partial charge in [-0.25, -0.2) is 4.79 Å². The van der Waals surface area contributed by atoms with Crippen molar-refractivity contribution in [2.24, 2.45) is 0 Å². The minimum atomic E-state index is -1.37. The zero-order chi connectivity index (χ0) is 9.84. The molecule has 0 radical (unpaired) electrons. The Morgan fingerprint density at radius 3 is 2.23 bits per heavy atom. The van der Waals surface area contributed by atoms with Crippen molar-refractivity contribution in [2.75, 3.05) is 5.73 Å². The molecule has 0 aliphatic rings. The number of carbonyl (C=O) groups excluding carboxylic acids is 1. The Bertz CT molecular complexity index is 332. The predicted molar refractivity (Wildman–Crippen MR) is 46.3 cm³/mol. The lowest BCUT2D eigenvalue weighted by molar-refractivity contribution is 0.0948. The summed E-state index contributed by atoms with van der Waals surface area (Å²) in [6.45, 7) is 0. The van der Waals surface area contributed by atoms with Crippen molar-refractivity contribution in [1.82, 2.24) is 5.32 Å². The molecule has 0 unspecified atom stereocenters. The summed E-state index contributed by atoms with van der Waals surface area (Å²) in [4.78, 5) is 21.1. The van der Waals surface area contributed by atoms with Gasteiger partial charge in [0.05, 0.1) is 0 Å². The summed E-state index contributed by atoms with van der Waals surface area (Å²) in [7, 11) is 0. The third-order valence-electron chi connectivity index (χ3n) is 1.39. The first-order valence-corrected chi connectivity index (χ1v) is 3.49. The van der Waals surface area contributed by atoms with E-state index in [9.17, 15) is 9.59 Å². The van der Waals surface area contributed by atoms with Crippen LogP contribution in [0.4, 0.5) is 10.5 Å². The van der Waals surface area contributed by atoms with E-state index in [2.05, 4.69) is 0 Å². The number of nitrogens with one attached hydrogen (secondary N) is 1. The fourth-order valence-electron chi connectivity index (χ4n) is 0.804. The Morgan fingerprint density at radius 2 is 1.77 bits per heavy atom. The number of carbonyl (C=O) groups is 2. The first kappa shape index (κ1) is 9.05. The van der Waals surface area contributed by atoms with Crippen LogP contribution in [0.3, 0.4) is 0 Å². The minimum Gasteiger partial charge on any atom is -0.465 e. The maximum Gasteiger partial charge on any atom is 0.411 e. The number of nitrogens with two attached hydrogens (primary N) is 1. The van der Waals surface area contributed by atoms with E-state index in [-0.39, 0.29) is 5.56 Å². The van der Waals surface area contributed by atoms with Crippen molar-refractivity contribution in [3.63, 3.8) is 0 Å². The summed E-state index contributed by atoms with van der Waals surface area (Å²) >= 11 is 0. The monoisotopic (exact) mass is 180 g/mol. The second kappa shape index (κ2) is 3.57. The van der Waals surface area contributed by atoms with Crippen LogP contribution in [0, 0.1) is 0 Å². The highest BCUT2D eigenvalue weighted by molar-refractivity contribution is 6.02. The molecule has 0 aliphatic carbocycles. The van der Waals surface area contributed by atoms with Gasteiger partial charge in [-0.3, -0.25) is 10.1 Å². The van der Waals surface area contributed by atoms with Crippen LogP contribution < -0.4 is 11.1 Å².